The van der Waals surface area contributed by atoms with Gasteiger partial charge in [0.2, 0.25) is 5.78 Å². The Balaban J connectivity index is 1.85. The second-order valence-corrected chi connectivity index (χ2v) is 5.18. The Labute approximate surface area is 128 Å². The van der Waals surface area contributed by atoms with E-state index in [1.54, 1.807) is 0 Å². The number of aryl methyl sites for hydroxylation is 1. The zero-order chi connectivity index (χ0) is 14.7. The van der Waals surface area contributed by atoms with Crippen molar-refractivity contribution in [3.63, 3.8) is 0 Å². The number of nitrogens with zero attached hydrogens (tertiary/aromatic N) is 3. The number of benzene rings is 1. The summed E-state index contributed by atoms with van der Waals surface area (Å²) in [5.74, 6) is 2.19. The maximum Gasteiger partial charge on any atom is 0.234 e. The highest BCUT2D eigenvalue weighted by Gasteiger charge is 2.07. The molecule has 2 heterocycles. The molecule has 21 heavy (non-hydrogen) atoms. The van der Waals surface area contributed by atoms with Crippen molar-refractivity contribution in [2.45, 2.75) is 13.3 Å². The van der Waals surface area contributed by atoms with E-state index in [0.717, 1.165) is 29.1 Å². The van der Waals surface area contributed by atoms with Gasteiger partial charge in [-0.3, -0.25) is 4.40 Å². The van der Waals surface area contributed by atoms with E-state index in [4.69, 9.17) is 16.3 Å². The van der Waals surface area contributed by atoms with Crippen LogP contribution in [-0.4, -0.2) is 26.9 Å². The molecule has 5 heteroatoms. The van der Waals surface area contributed by atoms with Gasteiger partial charge in [-0.25, -0.2) is 9.97 Å². The quantitative estimate of drug-likeness (QED) is 0.533. The Morgan fingerprint density at radius 3 is 2.76 bits per heavy atom. The van der Waals surface area contributed by atoms with Crippen LogP contribution in [0.15, 0.2) is 42.7 Å². The SMILES string of the molecule is Cc1ccn2c(-c3ccc(OCCCCl)cc3)cnc2n1. The number of fused-ring (bicyclic) bond motifs is 1. The standard InChI is InChI=1S/C16H16ClN3O/c1-12-7-9-20-15(11-18-16(20)19-12)13-3-5-14(6-4-13)21-10-2-8-17/h3-7,9,11H,2,8,10H2,1H3. The van der Waals surface area contributed by atoms with Crippen molar-refractivity contribution in [2.75, 3.05) is 12.5 Å². The van der Waals surface area contributed by atoms with Gasteiger partial charge in [0.15, 0.2) is 0 Å². The molecule has 0 aliphatic heterocycles. The number of rotatable bonds is 5. The van der Waals surface area contributed by atoms with Crippen molar-refractivity contribution in [3.8, 4) is 17.0 Å². The highest BCUT2D eigenvalue weighted by molar-refractivity contribution is 6.17. The smallest absolute Gasteiger partial charge is 0.234 e. The number of ether oxygens (including phenoxy) is 1. The number of aromatic nitrogens is 3. The fraction of sp³-hybridized carbons (Fsp3) is 0.250. The van der Waals surface area contributed by atoms with E-state index in [0.29, 0.717) is 18.3 Å². The average Bonchev–Trinajstić information content (AvgIpc) is 2.91. The third kappa shape index (κ3) is 3.00. The summed E-state index contributed by atoms with van der Waals surface area (Å²) in [4.78, 5) is 8.75. The van der Waals surface area contributed by atoms with E-state index in [-0.39, 0.29) is 0 Å². The zero-order valence-corrected chi connectivity index (χ0v) is 12.5. The van der Waals surface area contributed by atoms with E-state index < -0.39 is 0 Å². The molecule has 0 saturated heterocycles. The van der Waals surface area contributed by atoms with Crippen molar-refractivity contribution >= 4 is 17.4 Å². The first-order valence-corrected chi connectivity index (χ1v) is 7.41. The van der Waals surface area contributed by atoms with Crippen LogP contribution < -0.4 is 4.74 Å². The summed E-state index contributed by atoms with van der Waals surface area (Å²) in [6.07, 6.45) is 4.68. The van der Waals surface area contributed by atoms with Crippen molar-refractivity contribution in [3.05, 3.63) is 48.4 Å². The van der Waals surface area contributed by atoms with Crippen LogP contribution in [-0.2, 0) is 0 Å². The first-order chi connectivity index (χ1) is 10.3. The predicted molar refractivity (Wildman–Crippen MR) is 84.0 cm³/mol. The molecule has 108 valence electrons. The van der Waals surface area contributed by atoms with Crippen LogP contribution >= 0.6 is 11.6 Å². The van der Waals surface area contributed by atoms with Crippen molar-refractivity contribution in [1.29, 1.82) is 0 Å². The third-order valence-corrected chi connectivity index (χ3v) is 3.48. The van der Waals surface area contributed by atoms with Gasteiger partial charge >= 0.3 is 0 Å². The molecule has 0 bridgehead atoms. The molecular weight excluding hydrogens is 286 g/mol. The normalized spacial score (nSPS) is 11.0. The van der Waals surface area contributed by atoms with Crippen LogP contribution in [0.2, 0.25) is 0 Å². The lowest BCUT2D eigenvalue weighted by Crippen LogP contribution is -1.97. The van der Waals surface area contributed by atoms with E-state index in [1.165, 1.54) is 0 Å². The minimum atomic E-state index is 0.617. The summed E-state index contributed by atoms with van der Waals surface area (Å²) in [6, 6.07) is 9.95. The summed E-state index contributed by atoms with van der Waals surface area (Å²) in [5, 5.41) is 0. The van der Waals surface area contributed by atoms with E-state index in [1.807, 2.05) is 54.0 Å². The molecule has 0 unspecified atom stereocenters. The summed E-state index contributed by atoms with van der Waals surface area (Å²) in [6.45, 7) is 2.60. The highest BCUT2D eigenvalue weighted by atomic mass is 35.5. The lowest BCUT2D eigenvalue weighted by Gasteiger charge is -2.06. The topological polar surface area (TPSA) is 39.4 Å². The Kier molecular flexibility index (Phi) is 4.06. The largest absolute Gasteiger partial charge is 0.494 e. The molecule has 0 aliphatic carbocycles. The average molecular weight is 302 g/mol. The summed E-state index contributed by atoms with van der Waals surface area (Å²) in [5.41, 5.74) is 3.06. The molecule has 0 fully saturated rings. The van der Waals surface area contributed by atoms with Crippen LogP contribution in [0.1, 0.15) is 12.1 Å². The molecule has 0 spiro atoms. The molecule has 0 saturated carbocycles. The van der Waals surface area contributed by atoms with Crippen LogP contribution in [0.25, 0.3) is 17.0 Å². The maximum atomic E-state index is 5.63. The van der Waals surface area contributed by atoms with Gasteiger partial charge in [-0.15, -0.1) is 11.6 Å². The van der Waals surface area contributed by atoms with Gasteiger partial charge in [0, 0.05) is 23.3 Å². The number of hydrogen-bond acceptors (Lipinski definition) is 3. The molecule has 1 aromatic carbocycles. The lowest BCUT2D eigenvalue weighted by molar-refractivity contribution is 0.318. The number of halogens is 1. The van der Waals surface area contributed by atoms with Crippen LogP contribution in [0.4, 0.5) is 0 Å². The predicted octanol–water partition coefficient (Wildman–Crippen LogP) is 3.71. The van der Waals surface area contributed by atoms with E-state index in [9.17, 15) is 0 Å². The first-order valence-electron chi connectivity index (χ1n) is 6.88. The molecule has 3 rings (SSSR count). The minimum absolute atomic E-state index is 0.617. The fourth-order valence-corrected chi connectivity index (χ4v) is 2.25. The maximum absolute atomic E-state index is 5.63. The number of alkyl halides is 1. The van der Waals surface area contributed by atoms with E-state index in [2.05, 4.69) is 9.97 Å². The minimum Gasteiger partial charge on any atom is -0.494 e. The molecular formula is C16H16ClN3O. The van der Waals surface area contributed by atoms with Gasteiger partial charge in [-0.2, -0.15) is 0 Å². The zero-order valence-electron chi connectivity index (χ0n) is 11.8. The molecule has 2 aromatic heterocycles. The van der Waals surface area contributed by atoms with Crippen molar-refractivity contribution in [1.82, 2.24) is 14.4 Å². The molecule has 0 radical (unpaired) electrons. The number of imidazole rings is 1. The van der Waals surface area contributed by atoms with Crippen LogP contribution in [0.3, 0.4) is 0 Å². The fourth-order valence-electron chi connectivity index (χ4n) is 2.14. The molecule has 0 amide bonds. The third-order valence-electron chi connectivity index (χ3n) is 3.22. The number of hydrogen-bond donors (Lipinski definition) is 0. The van der Waals surface area contributed by atoms with Gasteiger partial charge in [-0.1, -0.05) is 0 Å². The van der Waals surface area contributed by atoms with Crippen molar-refractivity contribution < 1.29 is 4.74 Å². The second-order valence-electron chi connectivity index (χ2n) is 4.80. The Morgan fingerprint density at radius 2 is 2.00 bits per heavy atom. The molecule has 0 N–H and O–H groups in total. The lowest BCUT2D eigenvalue weighted by atomic mass is 10.1. The second kappa shape index (κ2) is 6.14. The van der Waals surface area contributed by atoms with Crippen LogP contribution in [0.5, 0.6) is 5.75 Å². The van der Waals surface area contributed by atoms with Crippen LogP contribution in [0, 0.1) is 6.92 Å². The molecule has 0 aliphatic rings. The van der Waals surface area contributed by atoms with Gasteiger partial charge in [0.1, 0.15) is 5.75 Å². The first kappa shape index (κ1) is 13.9. The van der Waals surface area contributed by atoms with Gasteiger partial charge in [0.05, 0.1) is 18.5 Å². The van der Waals surface area contributed by atoms with E-state index >= 15 is 0 Å². The van der Waals surface area contributed by atoms with Crippen molar-refractivity contribution in [2.24, 2.45) is 0 Å². The van der Waals surface area contributed by atoms with Gasteiger partial charge in [-0.05, 0) is 43.7 Å². The Morgan fingerprint density at radius 1 is 1.19 bits per heavy atom. The molecule has 0 atom stereocenters. The summed E-state index contributed by atoms with van der Waals surface area (Å²) in [7, 11) is 0. The Bertz CT molecular complexity index is 737. The molecule has 3 aromatic rings. The summed E-state index contributed by atoms with van der Waals surface area (Å²) < 4.78 is 7.59. The monoisotopic (exact) mass is 301 g/mol. The summed E-state index contributed by atoms with van der Waals surface area (Å²) >= 11 is 5.63. The molecule has 4 nitrogen and oxygen atoms in total. The highest BCUT2D eigenvalue weighted by Crippen LogP contribution is 2.23. The van der Waals surface area contributed by atoms with Gasteiger partial charge in [0.25, 0.3) is 0 Å². The Hall–Kier alpha value is -2.07. The van der Waals surface area contributed by atoms with Gasteiger partial charge < -0.3 is 4.74 Å².